The van der Waals surface area contributed by atoms with Crippen LogP contribution in [0.25, 0.3) is 22.3 Å². The molecule has 6 rings (SSSR count). The van der Waals surface area contributed by atoms with Crippen molar-refractivity contribution in [2.75, 3.05) is 26.7 Å². The van der Waals surface area contributed by atoms with Gasteiger partial charge in [0, 0.05) is 29.1 Å². The second kappa shape index (κ2) is 10.3. The number of amides is 1. The lowest BCUT2D eigenvalue weighted by Gasteiger charge is -2.30. The summed E-state index contributed by atoms with van der Waals surface area (Å²) in [5.41, 5.74) is 2.38. The average Bonchev–Trinajstić information content (AvgIpc) is 3.29. The zero-order valence-corrected chi connectivity index (χ0v) is 24.5. The van der Waals surface area contributed by atoms with Crippen molar-refractivity contribution in [1.29, 1.82) is 0 Å². The molecule has 10 nitrogen and oxygen atoms in total. The number of benzene rings is 1. The van der Waals surface area contributed by atoms with Gasteiger partial charge in [-0.1, -0.05) is 0 Å². The fourth-order valence-electron chi connectivity index (χ4n) is 6.46. The summed E-state index contributed by atoms with van der Waals surface area (Å²) >= 11 is 0. The van der Waals surface area contributed by atoms with E-state index in [0.717, 1.165) is 22.1 Å². The molecule has 0 unspecified atom stereocenters. The summed E-state index contributed by atoms with van der Waals surface area (Å²) in [6, 6.07) is 2.64. The number of halogens is 1. The number of ether oxygens (including phenoxy) is 2. The fourth-order valence-corrected chi connectivity index (χ4v) is 6.46. The van der Waals surface area contributed by atoms with Crippen molar-refractivity contribution in [3.8, 4) is 11.4 Å². The van der Waals surface area contributed by atoms with E-state index in [9.17, 15) is 19.5 Å². The Morgan fingerprint density at radius 2 is 2.07 bits per heavy atom. The molecule has 2 aromatic heterocycles. The van der Waals surface area contributed by atoms with Crippen molar-refractivity contribution < 1.29 is 28.6 Å². The highest BCUT2D eigenvalue weighted by Crippen LogP contribution is 2.45. The Morgan fingerprint density at radius 3 is 2.81 bits per heavy atom. The Morgan fingerprint density at radius 1 is 1.31 bits per heavy atom. The number of pyridine rings is 2. The molecule has 0 radical (unpaired) electrons. The van der Waals surface area contributed by atoms with Gasteiger partial charge in [-0.15, -0.1) is 0 Å². The van der Waals surface area contributed by atoms with E-state index < -0.39 is 11.6 Å². The summed E-state index contributed by atoms with van der Waals surface area (Å²) in [5.74, 6) is -1.34. The molecule has 2 atom stereocenters. The summed E-state index contributed by atoms with van der Waals surface area (Å²) in [4.78, 5) is 46.0. The number of hydrogen-bond acceptors (Lipinski definition) is 8. The molecule has 3 aliphatic rings. The molecule has 1 amide bonds. The molecule has 3 aromatic rings. The number of nitrogens with one attached hydrogen (secondary N) is 1. The Kier molecular flexibility index (Phi) is 6.94. The van der Waals surface area contributed by atoms with Crippen LogP contribution in [0.15, 0.2) is 16.9 Å². The minimum atomic E-state index is -1.99. The van der Waals surface area contributed by atoms with Crippen LogP contribution in [0, 0.1) is 12.7 Å². The molecular formula is C31H35FN4O6. The van der Waals surface area contributed by atoms with Crippen LogP contribution < -0.4 is 10.9 Å². The summed E-state index contributed by atoms with van der Waals surface area (Å²) in [6.45, 7) is 8.25. The zero-order chi connectivity index (χ0) is 30.1. The number of likely N-dealkylation sites (N-methyl/N-ethyl adjacent to an activating group) is 1. The second-order valence-electron chi connectivity index (χ2n) is 12.0. The van der Waals surface area contributed by atoms with E-state index in [1.807, 2.05) is 25.8 Å². The third-order valence-corrected chi connectivity index (χ3v) is 8.68. The van der Waals surface area contributed by atoms with Gasteiger partial charge in [-0.05, 0) is 70.3 Å². The van der Waals surface area contributed by atoms with Crippen LogP contribution in [0.3, 0.4) is 0 Å². The topological polar surface area (TPSA) is 123 Å². The molecule has 4 heterocycles. The van der Waals surface area contributed by atoms with Crippen LogP contribution in [0.5, 0.6) is 0 Å². The lowest BCUT2D eigenvalue weighted by Crippen LogP contribution is -2.42. The zero-order valence-electron chi connectivity index (χ0n) is 24.5. The molecule has 0 bridgehead atoms. The maximum Gasteiger partial charge on any atom is 0.342 e. The van der Waals surface area contributed by atoms with Gasteiger partial charge in [-0.25, -0.2) is 14.2 Å². The SMILES string of the molecule is Cc1c(F)cc2nc3c(c4c2c1CC[C@@H]4NC(=O)CN(C)CCOC(C)C)Cn1c-3cc2c(c1=O)COC(=O)[C@@]2(C)O. The number of nitrogens with zero attached hydrogens (tertiary/aromatic N) is 3. The third-order valence-electron chi connectivity index (χ3n) is 8.68. The maximum absolute atomic E-state index is 15.1. The number of cyclic esters (lactones) is 1. The van der Waals surface area contributed by atoms with Crippen molar-refractivity contribution in [3.63, 3.8) is 0 Å². The van der Waals surface area contributed by atoms with Gasteiger partial charge in [0.15, 0.2) is 5.60 Å². The normalized spacial score (nSPS) is 20.5. The quantitative estimate of drug-likeness (QED) is 0.321. The fraction of sp³-hybridized carbons (Fsp3) is 0.484. The van der Waals surface area contributed by atoms with Crippen LogP contribution in [-0.2, 0) is 44.2 Å². The first-order valence-electron chi connectivity index (χ1n) is 14.3. The first-order valence-corrected chi connectivity index (χ1v) is 14.3. The average molecular weight is 579 g/mol. The van der Waals surface area contributed by atoms with Crippen molar-refractivity contribution in [1.82, 2.24) is 19.8 Å². The number of hydrogen-bond donors (Lipinski definition) is 2. The number of carbonyl (C=O) groups is 2. The van der Waals surface area contributed by atoms with Gasteiger partial charge >= 0.3 is 5.97 Å². The molecule has 0 fully saturated rings. The van der Waals surface area contributed by atoms with Gasteiger partial charge in [0.25, 0.3) is 5.56 Å². The molecular weight excluding hydrogens is 543 g/mol. The van der Waals surface area contributed by atoms with E-state index in [1.165, 1.54) is 13.0 Å². The highest BCUT2D eigenvalue weighted by molar-refractivity contribution is 5.94. The molecule has 11 heteroatoms. The van der Waals surface area contributed by atoms with Crippen LogP contribution in [0.2, 0.25) is 0 Å². The van der Waals surface area contributed by atoms with Crippen LogP contribution in [0.1, 0.15) is 66.6 Å². The monoisotopic (exact) mass is 578 g/mol. The summed E-state index contributed by atoms with van der Waals surface area (Å²) in [5, 5.41) is 14.9. The van der Waals surface area contributed by atoms with E-state index in [-0.39, 0.29) is 60.3 Å². The first-order chi connectivity index (χ1) is 19.9. The molecule has 1 aromatic carbocycles. The standard InChI is InChI=1S/C31H35FN4O6/c1-15(2)41-9-8-35(5)13-25(37)33-22-7-6-17-16(3)21(32)11-23-26(17)27(22)18-12-36-24(28(18)34-23)10-20-19(29(36)38)14-42-30(39)31(20,4)40/h10-11,15,22,40H,6-9,12-14H2,1-5H3,(H,33,37)/t22-,31-/m0/s1. The Bertz CT molecular complexity index is 1710. The van der Waals surface area contributed by atoms with Crippen molar-refractivity contribution >= 4 is 22.8 Å². The number of rotatable bonds is 7. The van der Waals surface area contributed by atoms with E-state index in [4.69, 9.17) is 14.5 Å². The number of carbonyl (C=O) groups excluding carboxylic acids is 2. The van der Waals surface area contributed by atoms with Gasteiger partial charge in [-0.2, -0.15) is 0 Å². The second-order valence-corrected chi connectivity index (χ2v) is 12.0. The van der Waals surface area contributed by atoms with Crippen molar-refractivity contribution in [2.45, 2.75) is 71.4 Å². The van der Waals surface area contributed by atoms with E-state index in [1.54, 1.807) is 17.6 Å². The summed E-state index contributed by atoms with van der Waals surface area (Å²) in [7, 11) is 1.86. The number of aromatic nitrogens is 2. The molecule has 0 spiro atoms. The summed E-state index contributed by atoms with van der Waals surface area (Å²) < 4.78 is 27.3. The number of esters is 1. The molecule has 1 aliphatic carbocycles. The maximum atomic E-state index is 15.1. The Hall–Kier alpha value is -3.67. The van der Waals surface area contributed by atoms with Crippen LogP contribution in [0.4, 0.5) is 4.39 Å². The smallest absolute Gasteiger partial charge is 0.342 e. The molecule has 222 valence electrons. The molecule has 0 saturated heterocycles. The van der Waals surface area contributed by atoms with Gasteiger partial charge < -0.3 is 24.5 Å². The van der Waals surface area contributed by atoms with E-state index >= 15 is 4.39 Å². The highest BCUT2D eigenvalue weighted by Gasteiger charge is 2.43. The number of aliphatic hydroxyl groups is 1. The van der Waals surface area contributed by atoms with Gasteiger partial charge in [0.2, 0.25) is 5.91 Å². The predicted octanol–water partition coefficient (Wildman–Crippen LogP) is 2.60. The number of fused-ring (bicyclic) bond motifs is 5. The first kappa shape index (κ1) is 28.4. The summed E-state index contributed by atoms with van der Waals surface area (Å²) in [6.07, 6.45) is 1.24. The minimum absolute atomic E-state index is 0.111. The minimum Gasteiger partial charge on any atom is -0.458 e. The largest absolute Gasteiger partial charge is 0.458 e. The molecule has 2 aliphatic heterocycles. The van der Waals surface area contributed by atoms with Crippen LogP contribution in [-0.4, -0.2) is 64.3 Å². The Balaban J connectivity index is 1.44. The van der Waals surface area contributed by atoms with E-state index in [2.05, 4.69) is 5.32 Å². The van der Waals surface area contributed by atoms with E-state index in [0.29, 0.717) is 48.5 Å². The molecule has 0 saturated carbocycles. The van der Waals surface area contributed by atoms with Crippen molar-refractivity contribution in [2.24, 2.45) is 0 Å². The van der Waals surface area contributed by atoms with Crippen LogP contribution >= 0.6 is 0 Å². The molecule has 42 heavy (non-hydrogen) atoms. The van der Waals surface area contributed by atoms with Gasteiger partial charge in [0.1, 0.15) is 12.4 Å². The predicted molar refractivity (Wildman–Crippen MR) is 152 cm³/mol. The third kappa shape index (κ3) is 4.50. The molecule has 2 N–H and O–H groups in total. The number of aryl methyl sites for hydroxylation is 1. The highest BCUT2D eigenvalue weighted by atomic mass is 19.1. The lowest BCUT2D eigenvalue weighted by molar-refractivity contribution is -0.169. The van der Waals surface area contributed by atoms with Crippen molar-refractivity contribution in [3.05, 3.63) is 61.7 Å². The van der Waals surface area contributed by atoms with Gasteiger partial charge in [0.05, 0.1) is 54.3 Å². The lowest BCUT2D eigenvalue weighted by atomic mass is 9.81. The Labute approximate surface area is 242 Å². The van der Waals surface area contributed by atoms with Gasteiger partial charge in [-0.3, -0.25) is 14.5 Å².